The van der Waals surface area contributed by atoms with E-state index in [1.807, 2.05) is 26.0 Å². The van der Waals surface area contributed by atoms with E-state index in [2.05, 4.69) is 36.5 Å². The van der Waals surface area contributed by atoms with Gasteiger partial charge >= 0.3 is 0 Å². The Hall–Kier alpha value is -4.12. The average Bonchev–Trinajstić information content (AvgIpc) is 3.22. The van der Waals surface area contributed by atoms with E-state index in [1.54, 1.807) is 36.6 Å². The number of Topliss-reactive ketones (excluding diaryl/α,β-unsaturated/α-hetero) is 1. The lowest BCUT2D eigenvalue weighted by Gasteiger charge is -2.12. The van der Waals surface area contributed by atoms with Crippen LogP contribution in [0.1, 0.15) is 42.3 Å². The lowest BCUT2D eigenvalue weighted by atomic mass is 9.98. The number of hydrogen-bond acceptors (Lipinski definition) is 4. The molecule has 0 spiro atoms. The molecule has 34 heavy (non-hydrogen) atoms. The molecule has 0 bridgehead atoms. The molecule has 5 heteroatoms. The number of ether oxygens (including phenoxy) is 1. The van der Waals surface area contributed by atoms with Gasteiger partial charge in [0.1, 0.15) is 11.3 Å². The Labute approximate surface area is 199 Å². The molecule has 0 unspecified atom stereocenters. The second-order valence-electron chi connectivity index (χ2n) is 8.24. The highest BCUT2D eigenvalue weighted by Gasteiger charge is 2.15. The van der Waals surface area contributed by atoms with E-state index in [0.29, 0.717) is 23.6 Å². The van der Waals surface area contributed by atoms with Crippen molar-refractivity contribution in [1.29, 1.82) is 0 Å². The number of carbonyl (C=O) groups excluding carboxylic acids is 2. The zero-order chi connectivity index (χ0) is 24.2. The van der Waals surface area contributed by atoms with E-state index >= 15 is 0 Å². The van der Waals surface area contributed by atoms with Crippen LogP contribution in [0.15, 0.2) is 77.4 Å². The SMILES string of the molecule is CCOc1cc2occ(-c3ccc(C)cc3)c2cc1/C(C)=C/C(=O)Nc1ccc(C(C)=O)cc1. The van der Waals surface area contributed by atoms with Gasteiger partial charge in [-0.2, -0.15) is 0 Å². The fourth-order valence-electron chi connectivity index (χ4n) is 3.84. The summed E-state index contributed by atoms with van der Waals surface area (Å²) in [5.74, 6) is 0.380. The Morgan fingerprint density at radius 3 is 2.35 bits per heavy atom. The summed E-state index contributed by atoms with van der Waals surface area (Å²) in [6.45, 7) is 7.86. The number of hydrogen-bond donors (Lipinski definition) is 1. The summed E-state index contributed by atoms with van der Waals surface area (Å²) in [4.78, 5) is 24.2. The van der Waals surface area contributed by atoms with Crippen LogP contribution in [0.5, 0.6) is 5.75 Å². The molecule has 0 aliphatic heterocycles. The van der Waals surface area contributed by atoms with E-state index in [9.17, 15) is 9.59 Å². The molecule has 0 saturated carbocycles. The smallest absolute Gasteiger partial charge is 0.248 e. The van der Waals surface area contributed by atoms with Gasteiger partial charge in [0.25, 0.3) is 0 Å². The molecule has 1 N–H and O–H groups in total. The van der Waals surface area contributed by atoms with Crippen molar-refractivity contribution in [2.75, 3.05) is 11.9 Å². The first-order chi connectivity index (χ1) is 16.4. The summed E-state index contributed by atoms with van der Waals surface area (Å²) < 4.78 is 11.7. The van der Waals surface area contributed by atoms with Crippen LogP contribution in [-0.2, 0) is 4.79 Å². The van der Waals surface area contributed by atoms with Gasteiger partial charge in [-0.25, -0.2) is 0 Å². The summed E-state index contributed by atoms with van der Waals surface area (Å²) >= 11 is 0. The first kappa shape index (κ1) is 23.1. The van der Waals surface area contributed by atoms with Crippen molar-refractivity contribution in [2.24, 2.45) is 0 Å². The molecular formula is C29H27NO4. The molecule has 0 aliphatic carbocycles. The normalized spacial score (nSPS) is 11.5. The van der Waals surface area contributed by atoms with Crippen LogP contribution in [0.4, 0.5) is 5.69 Å². The molecule has 1 heterocycles. The van der Waals surface area contributed by atoms with Crippen molar-refractivity contribution in [3.05, 3.63) is 89.7 Å². The molecular weight excluding hydrogens is 426 g/mol. The first-order valence-corrected chi connectivity index (χ1v) is 11.2. The lowest BCUT2D eigenvalue weighted by molar-refractivity contribution is -0.111. The molecule has 1 amide bonds. The van der Waals surface area contributed by atoms with Crippen LogP contribution < -0.4 is 10.1 Å². The van der Waals surface area contributed by atoms with Gasteiger partial charge in [0, 0.05) is 39.9 Å². The molecule has 0 fully saturated rings. The van der Waals surface area contributed by atoms with Gasteiger partial charge in [0.05, 0.1) is 12.9 Å². The molecule has 5 nitrogen and oxygen atoms in total. The summed E-state index contributed by atoms with van der Waals surface area (Å²) in [5, 5.41) is 3.80. The highest BCUT2D eigenvalue weighted by molar-refractivity contribution is 6.05. The van der Waals surface area contributed by atoms with Crippen molar-refractivity contribution >= 4 is 33.9 Å². The van der Waals surface area contributed by atoms with Gasteiger partial charge in [-0.05, 0) is 69.2 Å². The maximum atomic E-state index is 12.7. The zero-order valence-electron chi connectivity index (χ0n) is 19.8. The van der Waals surface area contributed by atoms with Crippen molar-refractivity contribution < 1.29 is 18.7 Å². The molecule has 0 saturated heterocycles. The minimum Gasteiger partial charge on any atom is -0.493 e. The Morgan fingerprint density at radius 2 is 1.71 bits per heavy atom. The topological polar surface area (TPSA) is 68.5 Å². The van der Waals surface area contributed by atoms with Gasteiger partial charge in [0.2, 0.25) is 5.91 Å². The van der Waals surface area contributed by atoms with Crippen LogP contribution in [0, 0.1) is 6.92 Å². The third kappa shape index (κ3) is 4.94. The number of anilines is 1. The standard InChI is InChI=1S/C29H27NO4/c1-5-33-27-16-28-25(26(17-34-28)22-8-6-18(2)7-9-22)15-24(27)19(3)14-29(32)30-23-12-10-21(11-13-23)20(4)31/h6-17H,5H2,1-4H3,(H,30,32)/b19-14+. The number of ketones is 1. The van der Waals surface area contributed by atoms with Gasteiger partial charge in [-0.3, -0.25) is 9.59 Å². The molecule has 0 radical (unpaired) electrons. The summed E-state index contributed by atoms with van der Waals surface area (Å²) in [5.41, 5.74) is 6.78. The predicted molar refractivity (Wildman–Crippen MR) is 136 cm³/mol. The van der Waals surface area contributed by atoms with E-state index in [0.717, 1.165) is 33.2 Å². The Morgan fingerprint density at radius 1 is 1.00 bits per heavy atom. The minimum absolute atomic E-state index is 0.0169. The van der Waals surface area contributed by atoms with Crippen molar-refractivity contribution in [1.82, 2.24) is 0 Å². The van der Waals surface area contributed by atoms with Gasteiger partial charge in [-0.1, -0.05) is 29.8 Å². The molecule has 172 valence electrons. The number of benzene rings is 3. The summed E-state index contributed by atoms with van der Waals surface area (Å²) in [6.07, 6.45) is 3.31. The van der Waals surface area contributed by atoms with Crippen LogP contribution in [0.3, 0.4) is 0 Å². The van der Waals surface area contributed by atoms with E-state index in [1.165, 1.54) is 12.5 Å². The van der Waals surface area contributed by atoms with E-state index in [-0.39, 0.29) is 11.7 Å². The number of allylic oxidation sites excluding steroid dienone is 1. The molecule has 4 rings (SSSR count). The predicted octanol–water partition coefficient (Wildman–Crippen LogP) is 7.05. The van der Waals surface area contributed by atoms with Gasteiger partial charge in [-0.15, -0.1) is 0 Å². The highest BCUT2D eigenvalue weighted by atomic mass is 16.5. The fraction of sp³-hybridized carbons (Fsp3) is 0.172. The minimum atomic E-state index is -0.262. The fourth-order valence-corrected chi connectivity index (χ4v) is 3.84. The quantitative estimate of drug-likeness (QED) is 0.240. The Bertz CT molecular complexity index is 1380. The molecule has 0 aliphatic rings. The monoisotopic (exact) mass is 453 g/mol. The van der Waals surface area contributed by atoms with Crippen LogP contribution >= 0.6 is 0 Å². The van der Waals surface area contributed by atoms with Crippen LogP contribution in [-0.4, -0.2) is 18.3 Å². The highest BCUT2D eigenvalue weighted by Crippen LogP contribution is 2.37. The lowest BCUT2D eigenvalue weighted by Crippen LogP contribution is -2.09. The summed E-state index contributed by atoms with van der Waals surface area (Å²) in [7, 11) is 0. The van der Waals surface area contributed by atoms with Crippen molar-refractivity contribution in [3.8, 4) is 16.9 Å². The third-order valence-electron chi connectivity index (χ3n) is 5.67. The van der Waals surface area contributed by atoms with Gasteiger partial charge < -0.3 is 14.5 Å². The number of carbonyl (C=O) groups is 2. The largest absolute Gasteiger partial charge is 0.493 e. The Kier molecular flexibility index (Phi) is 6.64. The third-order valence-corrected chi connectivity index (χ3v) is 5.67. The second kappa shape index (κ2) is 9.79. The number of fused-ring (bicyclic) bond motifs is 1. The second-order valence-corrected chi connectivity index (χ2v) is 8.24. The maximum absolute atomic E-state index is 12.7. The maximum Gasteiger partial charge on any atom is 0.248 e. The number of nitrogens with one attached hydrogen (secondary N) is 1. The van der Waals surface area contributed by atoms with Gasteiger partial charge in [0.15, 0.2) is 5.78 Å². The molecule has 4 aromatic rings. The van der Waals surface area contributed by atoms with Crippen LogP contribution in [0.25, 0.3) is 27.7 Å². The van der Waals surface area contributed by atoms with E-state index in [4.69, 9.17) is 9.15 Å². The Balaban J connectivity index is 1.67. The number of aryl methyl sites for hydroxylation is 1. The number of rotatable bonds is 7. The van der Waals surface area contributed by atoms with Crippen molar-refractivity contribution in [2.45, 2.75) is 27.7 Å². The molecule has 1 aromatic heterocycles. The number of furan rings is 1. The molecule has 0 atom stereocenters. The molecule has 3 aromatic carbocycles. The number of amides is 1. The van der Waals surface area contributed by atoms with Crippen molar-refractivity contribution in [3.63, 3.8) is 0 Å². The summed E-state index contributed by atoms with van der Waals surface area (Å²) in [6, 6.07) is 19.0. The van der Waals surface area contributed by atoms with E-state index < -0.39 is 0 Å². The first-order valence-electron chi connectivity index (χ1n) is 11.2. The zero-order valence-corrected chi connectivity index (χ0v) is 19.8. The average molecular weight is 454 g/mol. The van der Waals surface area contributed by atoms with Crippen LogP contribution in [0.2, 0.25) is 0 Å².